The molecule has 1 heterocycles. The van der Waals surface area contributed by atoms with Crippen LogP contribution in [0.1, 0.15) is 5.56 Å². The van der Waals surface area contributed by atoms with Gasteiger partial charge < -0.3 is 15.4 Å². The van der Waals surface area contributed by atoms with E-state index >= 15 is 0 Å². The molecule has 0 saturated carbocycles. The van der Waals surface area contributed by atoms with Crippen molar-refractivity contribution in [1.29, 1.82) is 0 Å². The molecule has 1 aromatic rings. The lowest BCUT2D eigenvalue weighted by Crippen LogP contribution is -2.51. The minimum Gasteiger partial charge on any atom is -0.369 e. The molecule has 1 saturated heterocycles. The van der Waals surface area contributed by atoms with Gasteiger partial charge in [0, 0.05) is 31.2 Å². The number of halogens is 1. The largest absolute Gasteiger partial charge is 0.369 e. The van der Waals surface area contributed by atoms with E-state index in [1.807, 2.05) is 23.1 Å². The molecule has 2 N–H and O–H groups in total. The standard InChI is InChI=1S/C15H20ClN3O3/c16-13-4-2-1-3-12(13)10-22-11-15(21)19-7-5-18(6-8-19)9-14(17)20/h1-4H,5-11H2,(H2,17,20). The second-order valence-electron chi connectivity index (χ2n) is 5.21. The van der Waals surface area contributed by atoms with Crippen molar-refractivity contribution in [3.8, 4) is 0 Å². The van der Waals surface area contributed by atoms with E-state index in [0.29, 0.717) is 37.8 Å². The second kappa shape index (κ2) is 8.12. The van der Waals surface area contributed by atoms with E-state index in [0.717, 1.165) is 5.56 Å². The van der Waals surface area contributed by atoms with E-state index in [2.05, 4.69) is 0 Å². The first kappa shape index (κ1) is 16.7. The number of hydrogen-bond donors (Lipinski definition) is 1. The van der Waals surface area contributed by atoms with E-state index in [4.69, 9.17) is 22.1 Å². The number of benzene rings is 1. The molecular formula is C15H20ClN3O3. The van der Waals surface area contributed by atoms with Gasteiger partial charge in [-0.25, -0.2) is 0 Å². The van der Waals surface area contributed by atoms with Crippen LogP contribution < -0.4 is 5.73 Å². The molecule has 2 amide bonds. The highest BCUT2D eigenvalue weighted by Crippen LogP contribution is 2.15. The number of nitrogens with two attached hydrogens (primary N) is 1. The topological polar surface area (TPSA) is 75.9 Å². The Bertz CT molecular complexity index is 531. The zero-order valence-electron chi connectivity index (χ0n) is 12.3. The van der Waals surface area contributed by atoms with Crippen molar-refractivity contribution in [3.63, 3.8) is 0 Å². The highest BCUT2D eigenvalue weighted by Gasteiger charge is 2.21. The lowest BCUT2D eigenvalue weighted by molar-refractivity contribution is -0.138. The van der Waals surface area contributed by atoms with Gasteiger partial charge in [-0.1, -0.05) is 29.8 Å². The van der Waals surface area contributed by atoms with E-state index in [9.17, 15) is 9.59 Å². The fraction of sp³-hybridized carbons (Fsp3) is 0.467. The summed E-state index contributed by atoms with van der Waals surface area (Å²) in [5.41, 5.74) is 6.02. The zero-order chi connectivity index (χ0) is 15.9. The van der Waals surface area contributed by atoms with Crippen LogP contribution in [0.25, 0.3) is 0 Å². The summed E-state index contributed by atoms with van der Waals surface area (Å²) in [6.45, 7) is 3.06. The van der Waals surface area contributed by atoms with Crippen molar-refractivity contribution in [1.82, 2.24) is 9.80 Å². The van der Waals surface area contributed by atoms with E-state index in [1.165, 1.54) is 0 Å². The Morgan fingerprint density at radius 3 is 2.50 bits per heavy atom. The maximum absolute atomic E-state index is 12.1. The van der Waals surface area contributed by atoms with E-state index in [1.54, 1.807) is 11.0 Å². The van der Waals surface area contributed by atoms with E-state index in [-0.39, 0.29) is 25.0 Å². The Balaban J connectivity index is 1.70. The summed E-state index contributed by atoms with van der Waals surface area (Å²) in [7, 11) is 0. The van der Waals surface area contributed by atoms with Gasteiger partial charge in [-0.05, 0) is 11.6 Å². The Morgan fingerprint density at radius 2 is 1.86 bits per heavy atom. The van der Waals surface area contributed by atoms with Crippen molar-refractivity contribution < 1.29 is 14.3 Å². The van der Waals surface area contributed by atoms with Crippen LogP contribution in [0.4, 0.5) is 0 Å². The minimum absolute atomic E-state index is 0.0288. The van der Waals surface area contributed by atoms with Crippen LogP contribution in [0.5, 0.6) is 0 Å². The SMILES string of the molecule is NC(=O)CN1CCN(C(=O)COCc2ccccc2Cl)CC1. The number of primary amides is 1. The molecular weight excluding hydrogens is 306 g/mol. The van der Waals surface area contributed by atoms with Gasteiger partial charge in [0.05, 0.1) is 13.2 Å². The summed E-state index contributed by atoms with van der Waals surface area (Å²) in [5, 5.41) is 0.634. The first-order chi connectivity index (χ1) is 10.6. The molecule has 6 nitrogen and oxygen atoms in total. The number of piperazine rings is 1. The van der Waals surface area contributed by atoms with Crippen molar-refractivity contribution in [2.24, 2.45) is 5.73 Å². The maximum Gasteiger partial charge on any atom is 0.248 e. The van der Waals surface area contributed by atoms with Crippen molar-refractivity contribution >= 4 is 23.4 Å². The average Bonchev–Trinajstić information content (AvgIpc) is 2.49. The summed E-state index contributed by atoms with van der Waals surface area (Å²) >= 11 is 6.03. The zero-order valence-corrected chi connectivity index (χ0v) is 13.1. The lowest BCUT2D eigenvalue weighted by Gasteiger charge is -2.33. The Hall–Kier alpha value is -1.63. The first-order valence-corrected chi connectivity index (χ1v) is 7.53. The molecule has 2 rings (SSSR count). The van der Waals surface area contributed by atoms with Crippen LogP contribution in [0.2, 0.25) is 5.02 Å². The van der Waals surface area contributed by atoms with Gasteiger partial charge in [0.15, 0.2) is 0 Å². The lowest BCUT2D eigenvalue weighted by atomic mass is 10.2. The predicted octanol–water partition coefficient (Wildman–Crippen LogP) is 0.486. The molecule has 22 heavy (non-hydrogen) atoms. The second-order valence-corrected chi connectivity index (χ2v) is 5.61. The summed E-state index contributed by atoms with van der Waals surface area (Å²) < 4.78 is 5.44. The van der Waals surface area contributed by atoms with Crippen LogP contribution in [0, 0.1) is 0 Å². The molecule has 0 aromatic heterocycles. The number of nitrogens with zero attached hydrogens (tertiary/aromatic N) is 2. The predicted molar refractivity (Wildman–Crippen MR) is 83.3 cm³/mol. The van der Waals surface area contributed by atoms with Gasteiger partial charge in [0.1, 0.15) is 6.61 Å². The molecule has 1 aromatic carbocycles. The van der Waals surface area contributed by atoms with Crippen LogP contribution in [-0.2, 0) is 20.9 Å². The molecule has 0 unspecified atom stereocenters. The number of carbonyl (C=O) groups is 2. The first-order valence-electron chi connectivity index (χ1n) is 7.16. The third-order valence-corrected chi connectivity index (χ3v) is 3.91. The molecule has 0 spiro atoms. The van der Waals surface area contributed by atoms with Crippen LogP contribution in [0.15, 0.2) is 24.3 Å². The smallest absolute Gasteiger partial charge is 0.248 e. The molecule has 1 aliphatic rings. The number of carbonyl (C=O) groups excluding carboxylic acids is 2. The Morgan fingerprint density at radius 1 is 1.18 bits per heavy atom. The Labute approximate surface area is 134 Å². The van der Waals surface area contributed by atoms with Crippen LogP contribution in [-0.4, -0.2) is 60.9 Å². The monoisotopic (exact) mass is 325 g/mol. The van der Waals surface area contributed by atoms with Gasteiger partial charge in [0.25, 0.3) is 0 Å². The molecule has 0 bridgehead atoms. The third-order valence-electron chi connectivity index (χ3n) is 3.55. The third kappa shape index (κ3) is 4.98. The summed E-state index contributed by atoms with van der Waals surface area (Å²) in [4.78, 5) is 26.6. The molecule has 120 valence electrons. The van der Waals surface area contributed by atoms with Gasteiger partial charge in [0.2, 0.25) is 11.8 Å². The fourth-order valence-electron chi connectivity index (χ4n) is 2.33. The van der Waals surface area contributed by atoms with Gasteiger partial charge >= 0.3 is 0 Å². The molecule has 0 atom stereocenters. The highest BCUT2D eigenvalue weighted by molar-refractivity contribution is 6.31. The Kier molecular flexibility index (Phi) is 6.18. The summed E-state index contributed by atoms with van der Waals surface area (Å²) in [6.07, 6.45) is 0. The molecule has 0 aliphatic carbocycles. The van der Waals surface area contributed by atoms with Crippen LogP contribution in [0.3, 0.4) is 0 Å². The normalized spacial score (nSPS) is 15.8. The van der Waals surface area contributed by atoms with E-state index < -0.39 is 0 Å². The quantitative estimate of drug-likeness (QED) is 0.825. The van der Waals surface area contributed by atoms with Crippen molar-refractivity contribution in [3.05, 3.63) is 34.9 Å². The summed E-state index contributed by atoms with van der Waals surface area (Å²) in [5.74, 6) is -0.395. The van der Waals surface area contributed by atoms with Gasteiger partial charge in [-0.15, -0.1) is 0 Å². The fourth-order valence-corrected chi connectivity index (χ4v) is 2.52. The number of rotatable bonds is 6. The molecule has 0 radical (unpaired) electrons. The number of hydrogen-bond acceptors (Lipinski definition) is 4. The highest BCUT2D eigenvalue weighted by atomic mass is 35.5. The minimum atomic E-state index is -0.345. The van der Waals surface area contributed by atoms with Crippen LogP contribution >= 0.6 is 11.6 Å². The molecule has 7 heteroatoms. The number of amides is 2. The van der Waals surface area contributed by atoms with Gasteiger partial charge in [-0.2, -0.15) is 0 Å². The van der Waals surface area contributed by atoms with Crippen molar-refractivity contribution in [2.75, 3.05) is 39.3 Å². The summed E-state index contributed by atoms with van der Waals surface area (Å²) in [6, 6.07) is 7.39. The van der Waals surface area contributed by atoms with Crippen molar-refractivity contribution in [2.45, 2.75) is 6.61 Å². The van der Waals surface area contributed by atoms with Gasteiger partial charge in [-0.3, -0.25) is 14.5 Å². The maximum atomic E-state index is 12.1. The molecule has 1 fully saturated rings. The average molecular weight is 326 g/mol. The number of ether oxygens (including phenoxy) is 1. The molecule has 1 aliphatic heterocycles.